The van der Waals surface area contributed by atoms with Crippen LogP contribution < -0.4 is 9.64 Å². The van der Waals surface area contributed by atoms with Gasteiger partial charge in [0.2, 0.25) is 0 Å². The summed E-state index contributed by atoms with van der Waals surface area (Å²) in [6.07, 6.45) is 5.88. The summed E-state index contributed by atoms with van der Waals surface area (Å²) in [4.78, 5) is 2.23. The molecule has 7 heteroatoms. The van der Waals surface area contributed by atoms with E-state index in [0.29, 0.717) is 0 Å². The van der Waals surface area contributed by atoms with Crippen molar-refractivity contribution < 1.29 is 24.2 Å². The first-order chi connectivity index (χ1) is 14.8. The predicted molar refractivity (Wildman–Crippen MR) is 139 cm³/mol. The van der Waals surface area contributed by atoms with Crippen molar-refractivity contribution >= 4 is 35.7 Å². The van der Waals surface area contributed by atoms with E-state index >= 15 is 0 Å². The van der Waals surface area contributed by atoms with E-state index < -0.39 is 0 Å². The van der Waals surface area contributed by atoms with Crippen molar-refractivity contribution in [1.29, 1.82) is 0 Å². The quantitative estimate of drug-likeness (QED) is 0.235. The standard InChI is InChI=1S/C20H24NO.C5H11N2S2.Ru/c1-7-17-10-14(2)8-9-18(17)13-21(5)19-11-15(3)20(22-6)16(4)12-19;1-8-6-3-4-7(5-6)9-2;/h1,7-12H,13H2,2-6H3;5H,3-4H2,1-2H3;/q2*-1;+2. The molecule has 0 radical (unpaired) electrons. The van der Waals surface area contributed by atoms with Crippen LogP contribution >= 0.6 is 23.9 Å². The average molecular weight is 559 g/mol. The van der Waals surface area contributed by atoms with Gasteiger partial charge in [-0.05, 0) is 69.6 Å². The molecule has 1 aliphatic heterocycles. The summed E-state index contributed by atoms with van der Waals surface area (Å²) in [6, 6.07) is 10.7. The fourth-order valence-electron chi connectivity index (χ4n) is 3.56. The number of nitrogens with zero attached hydrogens (tertiary/aromatic N) is 3. The van der Waals surface area contributed by atoms with E-state index in [9.17, 15) is 0 Å². The number of anilines is 1. The summed E-state index contributed by atoms with van der Waals surface area (Å²) in [5.41, 5.74) is 7.02. The van der Waals surface area contributed by atoms with Gasteiger partial charge in [-0.25, -0.2) is 6.08 Å². The largest absolute Gasteiger partial charge is 2.00 e. The van der Waals surface area contributed by atoms with Crippen molar-refractivity contribution in [1.82, 2.24) is 8.61 Å². The van der Waals surface area contributed by atoms with Crippen LogP contribution in [0.25, 0.3) is 6.08 Å². The molecule has 1 saturated heterocycles. The Morgan fingerprint density at radius 1 is 1.06 bits per heavy atom. The molecule has 2 aromatic rings. The molecule has 0 bridgehead atoms. The molecule has 0 N–H and O–H groups in total. The molecule has 0 saturated carbocycles. The summed E-state index contributed by atoms with van der Waals surface area (Å²) in [5.74, 6) is 0.962. The third-order valence-corrected chi connectivity index (χ3v) is 6.74. The molecule has 0 unspecified atom stereocenters. The number of rotatable bonds is 7. The van der Waals surface area contributed by atoms with E-state index in [1.807, 2.05) is 0 Å². The van der Waals surface area contributed by atoms with Crippen LogP contribution in [0.15, 0.2) is 30.3 Å². The van der Waals surface area contributed by atoms with Crippen molar-refractivity contribution in [3.8, 4) is 5.75 Å². The van der Waals surface area contributed by atoms with E-state index in [4.69, 9.17) is 11.3 Å². The summed E-state index contributed by atoms with van der Waals surface area (Å²) < 4.78 is 9.90. The minimum absolute atomic E-state index is 0. The summed E-state index contributed by atoms with van der Waals surface area (Å²) in [5, 5.41) is 0. The van der Waals surface area contributed by atoms with E-state index in [1.165, 1.54) is 16.8 Å². The number of benzene rings is 2. The van der Waals surface area contributed by atoms with Crippen molar-refractivity contribution in [3.63, 3.8) is 0 Å². The van der Waals surface area contributed by atoms with Crippen LogP contribution in [0.4, 0.5) is 5.69 Å². The van der Waals surface area contributed by atoms with Gasteiger partial charge in [-0.2, -0.15) is 12.2 Å². The molecule has 176 valence electrons. The number of ether oxygens (including phenoxy) is 1. The van der Waals surface area contributed by atoms with Crippen LogP contribution in [0, 0.1) is 34.0 Å². The summed E-state index contributed by atoms with van der Waals surface area (Å²) in [6.45, 7) is 17.3. The first-order valence-electron chi connectivity index (χ1n) is 10.3. The van der Waals surface area contributed by atoms with Crippen molar-refractivity contribution in [2.45, 2.75) is 27.3 Å². The molecule has 0 spiro atoms. The topological polar surface area (TPSA) is 19.0 Å². The van der Waals surface area contributed by atoms with Gasteiger partial charge in [-0.15, -0.1) is 35.5 Å². The SMILES string of the molecule is CSN1[CH-]N(SC)CC1.[CH-]=Cc1cc(C)ccc1CN(C)c1cc(C)c(OC)c(C)c1.[Ru+2]. The molecular weight excluding hydrogens is 523 g/mol. The summed E-state index contributed by atoms with van der Waals surface area (Å²) >= 11 is 3.55. The third-order valence-electron chi connectivity index (χ3n) is 5.25. The van der Waals surface area contributed by atoms with Gasteiger partial charge in [0.15, 0.2) is 0 Å². The van der Waals surface area contributed by atoms with Gasteiger partial charge >= 0.3 is 19.5 Å². The van der Waals surface area contributed by atoms with E-state index in [1.54, 1.807) is 37.1 Å². The van der Waals surface area contributed by atoms with E-state index in [-0.39, 0.29) is 19.5 Å². The third kappa shape index (κ3) is 8.11. The van der Waals surface area contributed by atoms with Crippen molar-refractivity contribution in [2.24, 2.45) is 0 Å². The second-order valence-corrected chi connectivity index (χ2v) is 9.27. The molecule has 2 aromatic carbocycles. The fourth-order valence-corrected chi connectivity index (χ4v) is 4.57. The molecular formula is C25H35N3ORuS2. The molecule has 1 heterocycles. The Balaban J connectivity index is 0.000000431. The zero-order valence-corrected chi connectivity index (χ0v) is 23.5. The Bertz CT molecular complexity index is 845. The maximum atomic E-state index is 5.76. The Labute approximate surface area is 216 Å². The van der Waals surface area contributed by atoms with Crippen LogP contribution in [0.5, 0.6) is 5.75 Å². The van der Waals surface area contributed by atoms with Crippen LogP contribution in [0.3, 0.4) is 0 Å². The Morgan fingerprint density at radius 3 is 2.06 bits per heavy atom. The number of methoxy groups -OCH3 is 1. The van der Waals surface area contributed by atoms with Crippen LogP contribution in [0.1, 0.15) is 27.8 Å². The molecule has 0 amide bonds. The monoisotopic (exact) mass is 559 g/mol. The van der Waals surface area contributed by atoms with Crippen LogP contribution in [0.2, 0.25) is 0 Å². The zero-order chi connectivity index (χ0) is 23.0. The fraction of sp³-hybridized carbons (Fsp3) is 0.400. The molecule has 4 nitrogen and oxygen atoms in total. The Kier molecular flexibility index (Phi) is 13.0. The molecule has 0 aliphatic carbocycles. The van der Waals surface area contributed by atoms with Crippen molar-refractivity contribution in [2.75, 3.05) is 44.7 Å². The van der Waals surface area contributed by atoms with Crippen LogP contribution in [-0.4, -0.2) is 48.4 Å². The van der Waals surface area contributed by atoms with Gasteiger partial charge in [-0.1, -0.05) is 17.7 Å². The average Bonchev–Trinajstić information content (AvgIpc) is 3.23. The molecule has 0 aromatic heterocycles. The first-order valence-corrected chi connectivity index (χ1v) is 12.7. The molecule has 0 atom stereocenters. The predicted octanol–water partition coefficient (Wildman–Crippen LogP) is 5.98. The van der Waals surface area contributed by atoms with Crippen molar-refractivity contribution in [3.05, 3.63) is 71.4 Å². The maximum absolute atomic E-state index is 5.76. The number of hydrogen-bond donors (Lipinski definition) is 0. The normalized spacial score (nSPS) is 13.7. The minimum Gasteiger partial charge on any atom is -0.496 e. The van der Waals surface area contributed by atoms with Gasteiger partial charge in [-0.3, -0.25) is 6.58 Å². The van der Waals surface area contributed by atoms with Gasteiger partial charge in [0.1, 0.15) is 5.75 Å². The number of aryl methyl sites for hydroxylation is 3. The zero-order valence-electron chi connectivity index (χ0n) is 20.2. The smallest absolute Gasteiger partial charge is 0.496 e. The minimum atomic E-state index is 0. The molecule has 3 rings (SSSR count). The second kappa shape index (κ2) is 14.3. The number of hydrogen-bond acceptors (Lipinski definition) is 6. The van der Waals surface area contributed by atoms with Gasteiger partial charge in [0.25, 0.3) is 0 Å². The Hall–Kier alpha value is -0.977. The Morgan fingerprint density at radius 2 is 1.62 bits per heavy atom. The second-order valence-electron chi connectivity index (χ2n) is 7.60. The molecule has 32 heavy (non-hydrogen) atoms. The van der Waals surface area contributed by atoms with E-state index in [0.717, 1.165) is 42.1 Å². The van der Waals surface area contributed by atoms with Gasteiger partial charge in [0.05, 0.1) is 7.11 Å². The van der Waals surface area contributed by atoms with Gasteiger partial charge < -0.3 is 18.2 Å². The maximum Gasteiger partial charge on any atom is 2.00 e. The first kappa shape index (κ1) is 29.1. The van der Waals surface area contributed by atoms with Crippen LogP contribution in [-0.2, 0) is 26.0 Å². The summed E-state index contributed by atoms with van der Waals surface area (Å²) in [7, 11) is 3.81. The molecule has 1 aliphatic rings. The molecule has 1 fully saturated rings. The van der Waals surface area contributed by atoms with E-state index in [2.05, 4.69) is 90.8 Å². The van der Waals surface area contributed by atoms with Gasteiger partial charge in [0, 0.05) is 19.3 Å².